The molecule has 0 N–H and O–H groups in total. The molecule has 0 bridgehead atoms. The average Bonchev–Trinajstić information content (AvgIpc) is 2.75. The maximum atomic E-state index is 13.6. The van der Waals surface area contributed by atoms with Gasteiger partial charge in [0.05, 0.1) is 12.0 Å². The van der Waals surface area contributed by atoms with E-state index in [2.05, 4.69) is 0 Å². The summed E-state index contributed by atoms with van der Waals surface area (Å²) in [4.78, 5) is 0.476. The Hall–Kier alpha value is -1.20. The fourth-order valence-electron chi connectivity index (χ4n) is 1.59. The van der Waals surface area contributed by atoms with E-state index in [1.165, 1.54) is 18.4 Å². The van der Waals surface area contributed by atoms with E-state index in [-0.39, 0.29) is 5.56 Å². The molecule has 0 aliphatic heterocycles. The van der Waals surface area contributed by atoms with Gasteiger partial charge in [-0.1, -0.05) is 0 Å². The van der Waals surface area contributed by atoms with E-state index >= 15 is 0 Å². The number of hydrogen-bond donors (Lipinski definition) is 0. The van der Waals surface area contributed by atoms with Gasteiger partial charge in [0, 0.05) is 17.7 Å². The van der Waals surface area contributed by atoms with Crippen molar-refractivity contribution in [1.29, 1.82) is 0 Å². The van der Waals surface area contributed by atoms with Crippen LogP contribution in [0.4, 0.5) is 13.2 Å². The molecule has 0 amide bonds. The van der Waals surface area contributed by atoms with E-state index in [9.17, 15) is 13.2 Å². The van der Waals surface area contributed by atoms with Crippen LogP contribution < -0.4 is 4.74 Å². The molecule has 0 spiro atoms. The first-order chi connectivity index (χ1) is 8.54. The molecule has 6 heteroatoms. The molecule has 0 saturated carbocycles. The van der Waals surface area contributed by atoms with Gasteiger partial charge in [0.25, 0.3) is 0 Å². The van der Waals surface area contributed by atoms with E-state index in [1.54, 1.807) is 11.4 Å². The minimum Gasteiger partial charge on any atom is -0.496 e. The van der Waals surface area contributed by atoms with Crippen molar-refractivity contribution in [3.63, 3.8) is 0 Å². The molecule has 1 atom stereocenters. The zero-order valence-corrected chi connectivity index (χ0v) is 10.8. The summed E-state index contributed by atoms with van der Waals surface area (Å²) in [6.07, 6.45) is 0. The zero-order valence-electron chi connectivity index (χ0n) is 9.22. The standard InChI is InChI=1S/C12H8ClF3OS/c1-17-9-2-3-18-12(9)11(13)10-7(15)4-6(14)5-8(10)16/h2-5,11H,1H3. The fraction of sp³-hybridized carbons (Fsp3) is 0.167. The van der Waals surface area contributed by atoms with Gasteiger partial charge in [0.2, 0.25) is 0 Å². The van der Waals surface area contributed by atoms with Gasteiger partial charge in [-0.25, -0.2) is 13.2 Å². The Kier molecular flexibility index (Phi) is 3.82. The molecule has 1 unspecified atom stereocenters. The lowest BCUT2D eigenvalue weighted by Crippen LogP contribution is -2.02. The van der Waals surface area contributed by atoms with Crippen LogP contribution in [0.25, 0.3) is 0 Å². The third kappa shape index (κ3) is 2.33. The van der Waals surface area contributed by atoms with Crippen molar-refractivity contribution in [2.45, 2.75) is 5.38 Å². The van der Waals surface area contributed by atoms with Crippen molar-refractivity contribution < 1.29 is 17.9 Å². The number of halogens is 4. The van der Waals surface area contributed by atoms with Crippen molar-refractivity contribution in [3.8, 4) is 5.75 Å². The summed E-state index contributed by atoms with van der Waals surface area (Å²) in [5.74, 6) is -2.55. The highest BCUT2D eigenvalue weighted by Gasteiger charge is 2.24. The molecule has 1 aromatic heterocycles. The Morgan fingerprint density at radius 1 is 1.22 bits per heavy atom. The second-order valence-corrected chi connectivity index (χ2v) is 4.88. The molecule has 0 saturated heterocycles. The molecule has 2 rings (SSSR count). The maximum absolute atomic E-state index is 13.6. The second kappa shape index (κ2) is 5.20. The molecule has 18 heavy (non-hydrogen) atoms. The highest BCUT2D eigenvalue weighted by atomic mass is 35.5. The van der Waals surface area contributed by atoms with Gasteiger partial charge in [0.1, 0.15) is 28.6 Å². The number of hydrogen-bond acceptors (Lipinski definition) is 2. The Morgan fingerprint density at radius 3 is 2.39 bits per heavy atom. The molecular formula is C12H8ClF3OS. The number of benzene rings is 1. The van der Waals surface area contributed by atoms with Crippen LogP contribution in [0.5, 0.6) is 5.75 Å². The minimum atomic E-state index is -1.06. The topological polar surface area (TPSA) is 9.23 Å². The van der Waals surface area contributed by atoms with Gasteiger partial charge < -0.3 is 4.74 Å². The van der Waals surface area contributed by atoms with Crippen molar-refractivity contribution >= 4 is 22.9 Å². The SMILES string of the molecule is COc1ccsc1C(Cl)c1c(F)cc(F)cc1F. The molecular weight excluding hydrogens is 285 g/mol. The first kappa shape index (κ1) is 13.2. The van der Waals surface area contributed by atoms with Crippen LogP contribution in [0.3, 0.4) is 0 Å². The monoisotopic (exact) mass is 292 g/mol. The van der Waals surface area contributed by atoms with Crippen LogP contribution in [-0.4, -0.2) is 7.11 Å². The van der Waals surface area contributed by atoms with Crippen molar-refractivity contribution in [2.75, 3.05) is 7.11 Å². The third-order valence-corrected chi connectivity index (χ3v) is 3.93. The van der Waals surface area contributed by atoms with Crippen molar-refractivity contribution in [3.05, 3.63) is 51.5 Å². The fourth-order valence-corrected chi connectivity index (χ4v) is 2.90. The van der Waals surface area contributed by atoms with Gasteiger partial charge in [0.15, 0.2) is 0 Å². The molecule has 96 valence electrons. The highest BCUT2D eigenvalue weighted by Crippen LogP contribution is 2.40. The van der Waals surface area contributed by atoms with Gasteiger partial charge in [-0.2, -0.15) is 0 Å². The van der Waals surface area contributed by atoms with Crippen LogP contribution in [0, 0.1) is 17.5 Å². The predicted molar refractivity (Wildman–Crippen MR) is 64.9 cm³/mol. The van der Waals surface area contributed by atoms with Crippen LogP contribution >= 0.6 is 22.9 Å². The van der Waals surface area contributed by atoms with E-state index in [4.69, 9.17) is 16.3 Å². The number of thiophene rings is 1. The van der Waals surface area contributed by atoms with Crippen molar-refractivity contribution in [2.24, 2.45) is 0 Å². The molecule has 1 heterocycles. The molecule has 1 aromatic carbocycles. The van der Waals surface area contributed by atoms with Gasteiger partial charge in [-0.3, -0.25) is 0 Å². The van der Waals surface area contributed by atoms with Crippen LogP contribution in [0.2, 0.25) is 0 Å². The summed E-state index contributed by atoms with van der Waals surface area (Å²) in [5.41, 5.74) is -0.376. The van der Waals surface area contributed by atoms with E-state index in [0.717, 1.165) is 0 Å². The maximum Gasteiger partial charge on any atom is 0.134 e. The average molecular weight is 293 g/mol. The second-order valence-electron chi connectivity index (χ2n) is 3.50. The summed E-state index contributed by atoms with van der Waals surface area (Å²) < 4.78 is 45.0. The number of methoxy groups -OCH3 is 1. The van der Waals surface area contributed by atoms with Crippen LogP contribution in [-0.2, 0) is 0 Å². The lowest BCUT2D eigenvalue weighted by molar-refractivity contribution is 0.412. The summed E-state index contributed by atoms with van der Waals surface area (Å²) in [5, 5.41) is 0.642. The lowest BCUT2D eigenvalue weighted by Gasteiger charge is -2.12. The smallest absolute Gasteiger partial charge is 0.134 e. The Bertz CT molecular complexity index is 547. The Morgan fingerprint density at radius 2 is 1.83 bits per heavy atom. The van der Waals surface area contributed by atoms with Crippen LogP contribution in [0.1, 0.15) is 15.8 Å². The van der Waals surface area contributed by atoms with Gasteiger partial charge in [-0.05, 0) is 11.4 Å². The van der Waals surface area contributed by atoms with Gasteiger partial charge >= 0.3 is 0 Å². The summed E-state index contributed by atoms with van der Waals surface area (Å²) in [6, 6.07) is 2.86. The summed E-state index contributed by atoms with van der Waals surface area (Å²) >= 11 is 7.26. The van der Waals surface area contributed by atoms with E-state index in [1.807, 2.05) is 0 Å². The molecule has 0 aliphatic carbocycles. The zero-order chi connectivity index (χ0) is 13.3. The number of alkyl halides is 1. The molecule has 0 aliphatic rings. The Balaban J connectivity index is 2.49. The largest absolute Gasteiger partial charge is 0.496 e. The Labute approximate surface area is 111 Å². The van der Waals surface area contributed by atoms with Crippen molar-refractivity contribution in [1.82, 2.24) is 0 Å². The lowest BCUT2D eigenvalue weighted by atomic mass is 10.1. The minimum absolute atomic E-state index is 0.376. The van der Waals surface area contributed by atoms with E-state index in [0.29, 0.717) is 22.8 Å². The quantitative estimate of drug-likeness (QED) is 0.757. The number of rotatable bonds is 3. The predicted octanol–water partition coefficient (Wildman–Crippen LogP) is 4.50. The number of ether oxygens (including phenoxy) is 1. The van der Waals surface area contributed by atoms with E-state index < -0.39 is 22.8 Å². The molecule has 0 radical (unpaired) electrons. The molecule has 1 nitrogen and oxygen atoms in total. The first-order valence-electron chi connectivity index (χ1n) is 4.94. The summed E-state index contributed by atoms with van der Waals surface area (Å²) in [6.45, 7) is 0. The third-order valence-electron chi connectivity index (χ3n) is 2.40. The molecule has 2 aromatic rings. The normalized spacial score (nSPS) is 12.5. The first-order valence-corrected chi connectivity index (χ1v) is 6.26. The highest BCUT2D eigenvalue weighted by molar-refractivity contribution is 7.10. The summed E-state index contributed by atoms with van der Waals surface area (Å²) in [7, 11) is 1.44. The molecule has 0 fully saturated rings. The van der Waals surface area contributed by atoms with Crippen LogP contribution in [0.15, 0.2) is 23.6 Å². The van der Waals surface area contributed by atoms with Gasteiger partial charge in [-0.15, -0.1) is 22.9 Å².